The summed E-state index contributed by atoms with van der Waals surface area (Å²) in [7, 11) is 0. The summed E-state index contributed by atoms with van der Waals surface area (Å²) in [5.74, 6) is 0.284. The van der Waals surface area contributed by atoms with E-state index in [4.69, 9.17) is 0 Å². The topological polar surface area (TPSA) is 32.3 Å². The molecule has 1 amide bonds. The van der Waals surface area contributed by atoms with Gasteiger partial charge in [-0.2, -0.15) is 0 Å². The highest BCUT2D eigenvalue weighted by molar-refractivity contribution is 5.86. The Morgan fingerprint density at radius 3 is 2.35 bits per heavy atom. The van der Waals surface area contributed by atoms with E-state index in [1.54, 1.807) is 0 Å². The van der Waals surface area contributed by atoms with E-state index in [0.717, 1.165) is 13.0 Å². The maximum absolute atomic E-state index is 12.7. The summed E-state index contributed by atoms with van der Waals surface area (Å²) < 4.78 is 0. The Morgan fingerprint density at radius 2 is 1.76 bits per heavy atom. The number of carbonyl (C=O) groups is 1. The molecule has 2 fully saturated rings. The molecule has 0 unspecified atom stereocenters. The van der Waals surface area contributed by atoms with E-state index >= 15 is 0 Å². The molecule has 1 saturated heterocycles. The van der Waals surface area contributed by atoms with Gasteiger partial charge in [0.15, 0.2) is 0 Å². The maximum Gasteiger partial charge on any atom is 0.242 e. The van der Waals surface area contributed by atoms with E-state index in [0.29, 0.717) is 6.04 Å². The van der Waals surface area contributed by atoms with Crippen LogP contribution in [0.2, 0.25) is 0 Å². The highest BCUT2D eigenvalue weighted by Gasteiger charge is 2.45. The minimum atomic E-state index is -0.406. The molecule has 0 radical (unpaired) electrons. The van der Waals surface area contributed by atoms with E-state index in [9.17, 15) is 4.79 Å². The second kappa shape index (κ2) is 4.27. The summed E-state index contributed by atoms with van der Waals surface area (Å²) in [5, 5.41) is 3.39. The van der Waals surface area contributed by atoms with Crippen molar-refractivity contribution in [3.63, 3.8) is 0 Å². The summed E-state index contributed by atoms with van der Waals surface area (Å²) in [4.78, 5) is 14.9. The molecule has 2 rings (SSSR count). The van der Waals surface area contributed by atoms with Gasteiger partial charge >= 0.3 is 0 Å². The molecule has 0 atom stereocenters. The smallest absolute Gasteiger partial charge is 0.242 e. The molecule has 0 spiro atoms. The molecular weight excluding hydrogens is 212 g/mol. The SMILES string of the molecule is CC1(C)NCCC(C)(C)N(C2CCCC2)C1=O. The predicted octanol–water partition coefficient (Wildman–Crippen LogP) is 2.31. The first-order valence-corrected chi connectivity index (χ1v) is 6.93. The lowest BCUT2D eigenvalue weighted by molar-refractivity contribution is -0.144. The monoisotopic (exact) mass is 238 g/mol. The zero-order valence-electron chi connectivity index (χ0n) is 11.7. The molecule has 0 aromatic heterocycles. The minimum Gasteiger partial charge on any atom is -0.333 e. The molecule has 1 aliphatic carbocycles. The average molecular weight is 238 g/mol. The maximum atomic E-state index is 12.7. The molecule has 1 N–H and O–H groups in total. The fourth-order valence-electron chi connectivity index (χ4n) is 3.28. The summed E-state index contributed by atoms with van der Waals surface area (Å²) in [6.45, 7) is 9.38. The number of amides is 1. The highest BCUT2D eigenvalue weighted by Crippen LogP contribution is 2.34. The number of nitrogens with one attached hydrogen (secondary N) is 1. The molecule has 1 saturated carbocycles. The van der Waals surface area contributed by atoms with Gasteiger partial charge in [-0.15, -0.1) is 0 Å². The van der Waals surface area contributed by atoms with Crippen LogP contribution < -0.4 is 5.32 Å². The second-order valence-corrected chi connectivity index (χ2v) is 6.73. The van der Waals surface area contributed by atoms with E-state index in [-0.39, 0.29) is 11.4 Å². The first-order chi connectivity index (χ1) is 7.84. The van der Waals surface area contributed by atoms with Crippen LogP contribution in [0.25, 0.3) is 0 Å². The normalized spacial score (nSPS) is 29.4. The number of nitrogens with zero attached hydrogens (tertiary/aromatic N) is 1. The van der Waals surface area contributed by atoms with Crippen LogP contribution in [0.1, 0.15) is 59.8 Å². The largest absolute Gasteiger partial charge is 0.333 e. The van der Waals surface area contributed by atoms with Crippen molar-refractivity contribution in [2.24, 2.45) is 0 Å². The molecular formula is C14H26N2O. The summed E-state index contributed by atoms with van der Waals surface area (Å²) in [6, 6.07) is 0.469. The molecule has 0 aromatic rings. The van der Waals surface area contributed by atoms with E-state index < -0.39 is 5.54 Å². The Labute approximate surface area is 105 Å². The lowest BCUT2D eigenvalue weighted by atomic mass is 9.94. The van der Waals surface area contributed by atoms with Crippen LogP contribution in [0.5, 0.6) is 0 Å². The number of rotatable bonds is 1. The Kier molecular flexibility index (Phi) is 3.23. The fourth-order valence-corrected chi connectivity index (χ4v) is 3.28. The van der Waals surface area contributed by atoms with Gasteiger partial charge in [-0.25, -0.2) is 0 Å². The third-order valence-electron chi connectivity index (χ3n) is 4.40. The van der Waals surface area contributed by atoms with Gasteiger partial charge in [0.1, 0.15) is 0 Å². The molecule has 3 heteroatoms. The van der Waals surface area contributed by atoms with Crippen LogP contribution in [0, 0.1) is 0 Å². The predicted molar refractivity (Wildman–Crippen MR) is 69.9 cm³/mol. The van der Waals surface area contributed by atoms with Gasteiger partial charge in [0, 0.05) is 11.6 Å². The highest BCUT2D eigenvalue weighted by atomic mass is 16.2. The van der Waals surface area contributed by atoms with Gasteiger partial charge in [0.05, 0.1) is 5.54 Å². The molecule has 0 bridgehead atoms. The summed E-state index contributed by atoms with van der Waals surface area (Å²) >= 11 is 0. The van der Waals surface area contributed by atoms with Gasteiger partial charge in [-0.3, -0.25) is 4.79 Å². The Balaban J connectivity index is 2.30. The molecule has 17 heavy (non-hydrogen) atoms. The summed E-state index contributed by atoms with van der Waals surface area (Å²) in [6.07, 6.45) is 5.96. The van der Waals surface area contributed by atoms with Crippen molar-refractivity contribution in [2.45, 2.75) is 76.9 Å². The van der Waals surface area contributed by atoms with Gasteiger partial charge in [-0.1, -0.05) is 12.8 Å². The van der Waals surface area contributed by atoms with Gasteiger partial charge in [-0.05, 0) is 53.5 Å². The van der Waals surface area contributed by atoms with E-state index in [1.807, 2.05) is 13.8 Å². The van der Waals surface area contributed by atoms with E-state index in [1.165, 1.54) is 25.7 Å². The first kappa shape index (κ1) is 12.9. The second-order valence-electron chi connectivity index (χ2n) is 6.73. The van der Waals surface area contributed by atoms with Crippen LogP contribution in [0.4, 0.5) is 0 Å². The van der Waals surface area contributed by atoms with Crippen LogP contribution in [-0.4, -0.2) is 34.5 Å². The summed E-state index contributed by atoms with van der Waals surface area (Å²) in [5.41, 5.74) is -0.413. The van der Waals surface area contributed by atoms with Gasteiger partial charge < -0.3 is 10.2 Å². The third kappa shape index (κ3) is 2.35. The van der Waals surface area contributed by atoms with Crippen LogP contribution in [0.15, 0.2) is 0 Å². The zero-order valence-corrected chi connectivity index (χ0v) is 11.7. The molecule has 0 aromatic carbocycles. The minimum absolute atomic E-state index is 0.00708. The van der Waals surface area contributed by atoms with Crippen molar-refractivity contribution in [2.75, 3.05) is 6.54 Å². The number of hydrogen-bond donors (Lipinski definition) is 1. The van der Waals surface area contributed by atoms with Crippen molar-refractivity contribution < 1.29 is 4.79 Å². The lowest BCUT2D eigenvalue weighted by Gasteiger charge is -2.43. The fraction of sp³-hybridized carbons (Fsp3) is 0.929. The molecule has 98 valence electrons. The first-order valence-electron chi connectivity index (χ1n) is 6.93. The molecule has 3 nitrogen and oxygen atoms in total. The van der Waals surface area contributed by atoms with Gasteiger partial charge in [0.2, 0.25) is 5.91 Å². The Bertz CT molecular complexity index is 303. The number of carbonyl (C=O) groups excluding carboxylic acids is 1. The molecule has 1 aliphatic heterocycles. The Hall–Kier alpha value is -0.570. The van der Waals surface area contributed by atoms with Crippen LogP contribution in [-0.2, 0) is 4.79 Å². The van der Waals surface area contributed by atoms with Crippen LogP contribution in [0.3, 0.4) is 0 Å². The zero-order chi connectivity index (χ0) is 12.7. The Morgan fingerprint density at radius 1 is 1.18 bits per heavy atom. The lowest BCUT2D eigenvalue weighted by Crippen LogP contribution is -2.58. The van der Waals surface area contributed by atoms with Crippen molar-refractivity contribution >= 4 is 5.91 Å². The number of hydrogen-bond acceptors (Lipinski definition) is 2. The van der Waals surface area contributed by atoms with Gasteiger partial charge in [0.25, 0.3) is 0 Å². The van der Waals surface area contributed by atoms with Crippen molar-refractivity contribution in [3.8, 4) is 0 Å². The molecule has 1 heterocycles. The van der Waals surface area contributed by atoms with Crippen molar-refractivity contribution in [3.05, 3.63) is 0 Å². The third-order valence-corrected chi connectivity index (χ3v) is 4.40. The standard InChI is InChI=1S/C14H26N2O/c1-13(2)9-10-15-14(3,4)12(17)16(13)11-7-5-6-8-11/h11,15H,5-10H2,1-4H3. The van der Waals surface area contributed by atoms with Crippen molar-refractivity contribution in [1.29, 1.82) is 0 Å². The quantitative estimate of drug-likeness (QED) is 0.760. The molecule has 2 aliphatic rings. The van der Waals surface area contributed by atoms with E-state index in [2.05, 4.69) is 24.1 Å². The van der Waals surface area contributed by atoms with Crippen LogP contribution >= 0.6 is 0 Å². The van der Waals surface area contributed by atoms with Crippen molar-refractivity contribution in [1.82, 2.24) is 10.2 Å². The average Bonchev–Trinajstić information content (AvgIpc) is 2.67.